The van der Waals surface area contributed by atoms with Crippen LogP contribution >= 0.6 is 0 Å². The molecule has 0 amide bonds. The van der Waals surface area contributed by atoms with Crippen LogP contribution < -0.4 is 0 Å². The van der Waals surface area contributed by atoms with Gasteiger partial charge in [0, 0.05) is 5.92 Å². The van der Waals surface area contributed by atoms with E-state index in [4.69, 9.17) is 0 Å². The molecule has 3 aliphatic rings. The third-order valence-corrected chi connectivity index (χ3v) is 12.8. The first-order chi connectivity index (χ1) is 21.0. The topological polar surface area (TPSA) is 60.7 Å². The predicted molar refractivity (Wildman–Crippen MR) is 149 cm³/mol. The molecule has 3 nitrogen and oxygen atoms in total. The standard InChI is InChI=1S/C32H48F12O3/c1-16-6-8-23(26(4,45)29(33,34)35)12-19(16)10-21-14-25(28(47,31(39,40)41)32(42,43)44)15-22(18(21)3)11-20-13-24(9-7-17(20)2)27(5,46)30(36,37)38/h16-25,45-47H,6-15H2,1-5H3. The highest BCUT2D eigenvalue weighted by Crippen LogP contribution is 2.58. The van der Waals surface area contributed by atoms with E-state index in [1.165, 1.54) is 0 Å². The van der Waals surface area contributed by atoms with Crippen LogP contribution in [0.3, 0.4) is 0 Å². The van der Waals surface area contributed by atoms with Crippen molar-refractivity contribution in [1.82, 2.24) is 0 Å². The van der Waals surface area contributed by atoms with Crippen molar-refractivity contribution >= 4 is 0 Å². The Bertz CT molecular complexity index is 972. The van der Waals surface area contributed by atoms with Gasteiger partial charge >= 0.3 is 24.7 Å². The van der Waals surface area contributed by atoms with Crippen LogP contribution in [-0.4, -0.2) is 56.8 Å². The van der Waals surface area contributed by atoms with Gasteiger partial charge in [0.05, 0.1) is 0 Å². The molecule has 0 heterocycles. The van der Waals surface area contributed by atoms with Crippen molar-refractivity contribution in [2.45, 2.75) is 140 Å². The molecule has 278 valence electrons. The fourth-order valence-corrected chi connectivity index (χ4v) is 8.98. The molecule has 0 aromatic heterocycles. The van der Waals surface area contributed by atoms with Crippen molar-refractivity contribution in [3.63, 3.8) is 0 Å². The molecular weight excluding hydrogens is 660 g/mol. The van der Waals surface area contributed by atoms with Crippen molar-refractivity contribution in [1.29, 1.82) is 0 Å². The van der Waals surface area contributed by atoms with Crippen LogP contribution in [0.2, 0.25) is 0 Å². The second-order valence-corrected chi connectivity index (χ2v) is 15.6. The predicted octanol–water partition coefficient (Wildman–Crippen LogP) is 9.63. The molecule has 0 aliphatic heterocycles. The first-order valence-electron chi connectivity index (χ1n) is 16.4. The maximum atomic E-state index is 14.1. The summed E-state index contributed by atoms with van der Waals surface area (Å²) < 4.78 is 167. The summed E-state index contributed by atoms with van der Waals surface area (Å²) in [4.78, 5) is 0. The Balaban J connectivity index is 1.97. The zero-order chi connectivity index (χ0) is 36.3. The summed E-state index contributed by atoms with van der Waals surface area (Å²) in [6.07, 6.45) is -23.3. The molecule has 3 N–H and O–H groups in total. The lowest BCUT2D eigenvalue weighted by Gasteiger charge is -2.50. The van der Waals surface area contributed by atoms with Crippen LogP contribution in [0.1, 0.15) is 98.8 Å². The molecule has 3 saturated carbocycles. The van der Waals surface area contributed by atoms with Crippen LogP contribution in [0, 0.1) is 59.2 Å². The van der Waals surface area contributed by atoms with E-state index in [1.807, 2.05) is 0 Å². The molecule has 0 aromatic carbocycles. The molecule has 3 aliphatic carbocycles. The maximum Gasteiger partial charge on any atom is 0.426 e. The number of hydrogen-bond acceptors (Lipinski definition) is 3. The summed E-state index contributed by atoms with van der Waals surface area (Å²) >= 11 is 0. The Morgan fingerprint density at radius 3 is 1.02 bits per heavy atom. The summed E-state index contributed by atoms with van der Waals surface area (Å²) in [5.41, 5.74) is -11.2. The Hall–Kier alpha value is -0.960. The lowest BCUT2D eigenvalue weighted by Crippen LogP contribution is -2.63. The average Bonchev–Trinajstić information content (AvgIpc) is 2.89. The third-order valence-electron chi connectivity index (χ3n) is 12.8. The molecule has 10 atom stereocenters. The Labute approximate surface area is 267 Å². The van der Waals surface area contributed by atoms with Crippen LogP contribution in [0.5, 0.6) is 0 Å². The molecule has 10 unspecified atom stereocenters. The van der Waals surface area contributed by atoms with Crippen molar-refractivity contribution in [2.24, 2.45) is 59.2 Å². The number of aliphatic hydroxyl groups is 3. The van der Waals surface area contributed by atoms with Gasteiger partial charge in [-0.15, -0.1) is 0 Å². The maximum absolute atomic E-state index is 14.1. The molecule has 0 saturated heterocycles. The van der Waals surface area contributed by atoms with E-state index < -0.39 is 102 Å². The number of halogens is 12. The van der Waals surface area contributed by atoms with E-state index in [0.29, 0.717) is 13.8 Å². The first kappa shape index (κ1) is 40.5. The molecule has 3 rings (SSSR count). The highest BCUT2D eigenvalue weighted by atomic mass is 19.4. The van der Waals surface area contributed by atoms with E-state index in [9.17, 15) is 68.0 Å². The lowest BCUT2D eigenvalue weighted by molar-refractivity contribution is -0.389. The van der Waals surface area contributed by atoms with E-state index in [2.05, 4.69) is 0 Å². The van der Waals surface area contributed by atoms with Gasteiger partial charge in [-0.2, -0.15) is 52.7 Å². The van der Waals surface area contributed by atoms with Gasteiger partial charge in [-0.05, 0) is 118 Å². The Morgan fingerprint density at radius 1 is 0.447 bits per heavy atom. The van der Waals surface area contributed by atoms with Crippen LogP contribution in [-0.2, 0) is 0 Å². The molecule has 0 spiro atoms. The normalized spacial score (nSPS) is 38.0. The summed E-state index contributed by atoms with van der Waals surface area (Å²) in [5, 5.41) is 31.2. The minimum atomic E-state index is -6.10. The van der Waals surface area contributed by atoms with Gasteiger partial charge in [-0.1, -0.05) is 33.6 Å². The van der Waals surface area contributed by atoms with Crippen molar-refractivity contribution in [3.05, 3.63) is 0 Å². The first-order valence-corrected chi connectivity index (χ1v) is 16.4. The zero-order valence-electron chi connectivity index (χ0n) is 27.2. The van der Waals surface area contributed by atoms with Gasteiger partial charge in [0.25, 0.3) is 5.60 Å². The molecule has 0 radical (unpaired) electrons. The monoisotopic (exact) mass is 708 g/mol. The molecule has 47 heavy (non-hydrogen) atoms. The summed E-state index contributed by atoms with van der Waals surface area (Å²) in [6, 6.07) is 0. The zero-order valence-corrected chi connectivity index (χ0v) is 27.2. The van der Waals surface area contributed by atoms with E-state index >= 15 is 0 Å². The smallest absolute Gasteiger partial charge is 0.380 e. The van der Waals surface area contributed by atoms with E-state index in [1.54, 1.807) is 20.8 Å². The third kappa shape index (κ3) is 7.86. The summed E-state index contributed by atoms with van der Waals surface area (Å²) in [6.45, 7) is 6.43. The van der Waals surface area contributed by atoms with E-state index in [0.717, 1.165) is 0 Å². The lowest BCUT2D eigenvalue weighted by atomic mass is 9.57. The van der Waals surface area contributed by atoms with Crippen LogP contribution in [0.25, 0.3) is 0 Å². The van der Waals surface area contributed by atoms with Gasteiger partial charge in [-0.25, -0.2) is 0 Å². The molecule has 3 fully saturated rings. The van der Waals surface area contributed by atoms with Crippen molar-refractivity contribution < 1.29 is 68.0 Å². The minimum Gasteiger partial charge on any atom is -0.380 e. The second-order valence-electron chi connectivity index (χ2n) is 15.6. The fourth-order valence-electron chi connectivity index (χ4n) is 8.98. The Morgan fingerprint density at radius 2 is 0.745 bits per heavy atom. The number of hydrogen-bond donors (Lipinski definition) is 3. The van der Waals surface area contributed by atoms with Crippen molar-refractivity contribution in [3.8, 4) is 0 Å². The minimum absolute atomic E-state index is 0.0278. The largest absolute Gasteiger partial charge is 0.426 e. The van der Waals surface area contributed by atoms with E-state index in [-0.39, 0.29) is 63.2 Å². The second kappa shape index (κ2) is 13.3. The molecule has 0 aromatic rings. The fraction of sp³-hybridized carbons (Fsp3) is 1.00. The Kier molecular flexibility index (Phi) is 11.5. The number of rotatable bonds is 7. The van der Waals surface area contributed by atoms with Gasteiger partial charge in [0.1, 0.15) is 0 Å². The molecule has 15 heteroatoms. The highest BCUT2D eigenvalue weighted by Gasteiger charge is 2.74. The summed E-state index contributed by atoms with van der Waals surface area (Å²) in [7, 11) is 0. The van der Waals surface area contributed by atoms with Gasteiger partial charge in [0.2, 0.25) is 0 Å². The van der Waals surface area contributed by atoms with Gasteiger partial charge < -0.3 is 15.3 Å². The van der Waals surface area contributed by atoms with Crippen LogP contribution in [0.4, 0.5) is 52.7 Å². The van der Waals surface area contributed by atoms with Crippen LogP contribution in [0.15, 0.2) is 0 Å². The summed E-state index contributed by atoms with van der Waals surface area (Å²) in [5.74, 6) is -8.79. The van der Waals surface area contributed by atoms with Crippen molar-refractivity contribution in [2.75, 3.05) is 0 Å². The SMILES string of the molecule is CC1CCC(C(C)(O)C(F)(F)F)CC1CC1CC(C(O)(C(F)(F)F)C(F)(F)F)CC(CC2CC(C(C)(O)C(F)(F)F)CCC2C)C1C. The molecule has 0 bridgehead atoms. The average molecular weight is 709 g/mol. The molecular formula is C32H48F12O3. The number of alkyl halides is 12. The van der Waals surface area contributed by atoms with Gasteiger partial charge in [-0.3, -0.25) is 0 Å². The van der Waals surface area contributed by atoms with Gasteiger partial charge in [0.15, 0.2) is 11.2 Å². The quantitative estimate of drug-likeness (QED) is 0.231. The highest BCUT2D eigenvalue weighted by molar-refractivity contribution is 5.04.